The molecule has 8 heteroatoms. The molecule has 134 valence electrons. The van der Waals surface area contributed by atoms with Gasteiger partial charge in [0.1, 0.15) is 0 Å². The van der Waals surface area contributed by atoms with E-state index in [9.17, 15) is 13.2 Å². The highest BCUT2D eigenvalue weighted by molar-refractivity contribution is 9.10. The van der Waals surface area contributed by atoms with Crippen LogP contribution in [0.2, 0.25) is 0 Å². The largest absolute Gasteiger partial charge is 0.330 e. The van der Waals surface area contributed by atoms with E-state index in [1.165, 1.54) is 20.2 Å². The fourth-order valence-electron chi connectivity index (χ4n) is 2.18. The monoisotopic (exact) mass is 442 g/mol. The first-order valence-corrected chi connectivity index (χ1v) is 10.5. The molecule has 1 aromatic heterocycles. The summed E-state index contributed by atoms with van der Waals surface area (Å²) in [4.78, 5) is 15.6. The van der Waals surface area contributed by atoms with Crippen molar-refractivity contribution >= 4 is 43.2 Å². The summed E-state index contributed by atoms with van der Waals surface area (Å²) in [6.45, 7) is 4.53. The summed E-state index contributed by atoms with van der Waals surface area (Å²) in [6.07, 6.45) is 1.65. The predicted octanol–water partition coefficient (Wildman–Crippen LogP) is 3.59. The Morgan fingerprint density at radius 2 is 2.04 bits per heavy atom. The first-order valence-electron chi connectivity index (χ1n) is 7.42. The highest BCUT2D eigenvalue weighted by atomic mass is 79.9. The zero-order valence-corrected chi connectivity index (χ0v) is 17.2. The van der Waals surface area contributed by atoms with E-state index in [-0.39, 0.29) is 10.8 Å². The maximum absolute atomic E-state index is 12.9. The van der Waals surface area contributed by atoms with Crippen LogP contribution in [0.5, 0.6) is 0 Å². The minimum Gasteiger partial charge on any atom is -0.330 e. The first-order chi connectivity index (χ1) is 11.8. The van der Waals surface area contributed by atoms with Gasteiger partial charge in [0, 0.05) is 35.6 Å². The highest BCUT2D eigenvalue weighted by Gasteiger charge is 2.24. The van der Waals surface area contributed by atoms with Crippen LogP contribution in [0.15, 0.2) is 57.7 Å². The van der Waals surface area contributed by atoms with Crippen molar-refractivity contribution in [3.8, 4) is 0 Å². The SMILES string of the molecule is C=CCN(Cc1cccs1)C(=O)c1ccc(Br)c(S(=O)(=O)N(C)C)c1. The second-order valence-electron chi connectivity index (χ2n) is 5.49. The van der Waals surface area contributed by atoms with Crippen LogP contribution < -0.4 is 0 Å². The van der Waals surface area contributed by atoms with Crippen molar-refractivity contribution in [2.24, 2.45) is 0 Å². The van der Waals surface area contributed by atoms with E-state index in [4.69, 9.17) is 0 Å². The maximum atomic E-state index is 12.9. The van der Waals surface area contributed by atoms with Crippen molar-refractivity contribution in [3.63, 3.8) is 0 Å². The molecule has 1 aromatic carbocycles. The number of hydrogen-bond donors (Lipinski definition) is 0. The van der Waals surface area contributed by atoms with Gasteiger partial charge in [-0.15, -0.1) is 17.9 Å². The number of nitrogens with zero attached hydrogens (tertiary/aromatic N) is 2. The number of halogens is 1. The van der Waals surface area contributed by atoms with Gasteiger partial charge >= 0.3 is 0 Å². The molecule has 0 unspecified atom stereocenters. The third kappa shape index (κ3) is 4.58. The van der Waals surface area contributed by atoms with Crippen LogP contribution in [0, 0.1) is 0 Å². The lowest BCUT2D eigenvalue weighted by Gasteiger charge is -2.21. The van der Waals surface area contributed by atoms with Crippen LogP contribution >= 0.6 is 27.3 Å². The van der Waals surface area contributed by atoms with Crippen LogP contribution in [0.4, 0.5) is 0 Å². The van der Waals surface area contributed by atoms with Crippen LogP contribution in [-0.4, -0.2) is 44.2 Å². The summed E-state index contributed by atoms with van der Waals surface area (Å²) in [7, 11) is -0.743. The molecule has 0 saturated carbocycles. The number of rotatable bonds is 7. The maximum Gasteiger partial charge on any atom is 0.254 e. The normalized spacial score (nSPS) is 11.5. The Balaban J connectivity index is 2.38. The summed E-state index contributed by atoms with van der Waals surface area (Å²) in [5.41, 5.74) is 0.321. The standard InChI is InChI=1S/C17H19BrN2O3S2/c1-4-9-20(12-14-6-5-10-24-14)17(21)13-7-8-15(18)16(11-13)25(22,23)19(2)3/h4-8,10-11H,1,9,12H2,2-3H3. The average Bonchev–Trinajstić information content (AvgIpc) is 3.07. The van der Waals surface area contributed by atoms with Gasteiger partial charge in [-0.2, -0.15) is 0 Å². The number of carbonyl (C=O) groups is 1. The van der Waals surface area contributed by atoms with E-state index < -0.39 is 10.0 Å². The van der Waals surface area contributed by atoms with Crippen LogP contribution in [0.1, 0.15) is 15.2 Å². The zero-order valence-electron chi connectivity index (χ0n) is 14.0. The highest BCUT2D eigenvalue weighted by Crippen LogP contribution is 2.26. The van der Waals surface area contributed by atoms with Gasteiger partial charge in [-0.05, 0) is 45.6 Å². The second-order valence-corrected chi connectivity index (χ2v) is 9.49. The lowest BCUT2D eigenvalue weighted by atomic mass is 10.2. The molecule has 0 radical (unpaired) electrons. The van der Waals surface area contributed by atoms with E-state index in [2.05, 4.69) is 22.5 Å². The Morgan fingerprint density at radius 1 is 1.32 bits per heavy atom. The summed E-state index contributed by atoms with van der Waals surface area (Å²) in [5.74, 6) is -0.240. The Labute approximate surface area is 160 Å². The predicted molar refractivity (Wildman–Crippen MR) is 104 cm³/mol. The summed E-state index contributed by atoms with van der Waals surface area (Å²) in [5, 5.41) is 1.95. The van der Waals surface area contributed by atoms with Crippen LogP contribution in [0.3, 0.4) is 0 Å². The summed E-state index contributed by atoms with van der Waals surface area (Å²) in [6, 6.07) is 8.49. The first kappa shape index (κ1) is 19.8. The molecular formula is C17H19BrN2O3S2. The molecule has 25 heavy (non-hydrogen) atoms. The van der Waals surface area contributed by atoms with Gasteiger partial charge in [-0.25, -0.2) is 12.7 Å². The molecular weight excluding hydrogens is 424 g/mol. The van der Waals surface area contributed by atoms with Gasteiger partial charge in [0.05, 0.1) is 11.4 Å². The molecule has 0 saturated heterocycles. The molecule has 0 atom stereocenters. The van der Waals surface area contributed by atoms with E-state index in [0.29, 0.717) is 23.1 Å². The van der Waals surface area contributed by atoms with E-state index in [0.717, 1.165) is 9.18 Å². The molecule has 0 aliphatic heterocycles. The van der Waals surface area contributed by atoms with Crippen molar-refractivity contribution in [1.82, 2.24) is 9.21 Å². The molecule has 1 amide bonds. The Kier molecular flexibility index (Phi) is 6.56. The molecule has 0 fully saturated rings. The summed E-state index contributed by atoms with van der Waals surface area (Å²) >= 11 is 4.82. The minimum atomic E-state index is -3.65. The zero-order chi connectivity index (χ0) is 18.6. The van der Waals surface area contributed by atoms with Crippen molar-refractivity contribution in [2.75, 3.05) is 20.6 Å². The van der Waals surface area contributed by atoms with Crippen molar-refractivity contribution in [3.05, 3.63) is 63.3 Å². The Morgan fingerprint density at radius 3 is 2.60 bits per heavy atom. The van der Waals surface area contributed by atoms with Crippen molar-refractivity contribution < 1.29 is 13.2 Å². The molecule has 0 bridgehead atoms. The number of amides is 1. The van der Waals surface area contributed by atoms with E-state index in [1.54, 1.807) is 34.4 Å². The lowest BCUT2D eigenvalue weighted by molar-refractivity contribution is 0.0764. The van der Waals surface area contributed by atoms with Gasteiger partial charge < -0.3 is 4.90 Å². The van der Waals surface area contributed by atoms with Crippen LogP contribution in [0.25, 0.3) is 0 Å². The summed E-state index contributed by atoms with van der Waals surface area (Å²) < 4.78 is 26.4. The van der Waals surface area contributed by atoms with Crippen molar-refractivity contribution in [1.29, 1.82) is 0 Å². The van der Waals surface area contributed by atoms with Crippen molar-refractivity contribution in [2.45, 2.75) is 11.4 Å². The lowest BCUT2D eigenvalue weighted by Crippen LogP contribution is -2.31. The average molecular weight is 443 g/mol. The number of carbonyl (C=O) groups excluding carboxylic acids is 1. The molecule has 0 N–H and O–H groups in total. The molecule has 2 aromatic rings. The molecule has 2 rings (SSSR count). The third-order valence-corrected chi connectivity index (χ3v) is 7.17. The molecule has 5 nitrogen and oxygen atoms in total. The third-order valence-electron chi connectivity index (χ3n) is 3.50. The van der Waals surface area contributed by atoms with Gasteiger partial charge in [-0.1, -0.05) is 12.1 Å². The van der Waals surface area contributed by atoms with Gasteiger partial charge in [0.25, 0.3) is 5.91 Å². The van der Waals surface area contributed by atoms with Gasteiger partial charge in [0.15, 0.2) is 0 Å². The Bertz CT molecular complexity index is 862. The number of sulfonamides is 1. The van der Waals surface area contributed by atoms with Gasteiger partial charge in [-0.3, -0.25) is 4.79 Å². The Hall–Kier alpha value is -1.48. The quantitative estimate of drug-likeness (QED) is 0.615. The smallest absolute Gasteiger partial charge is 0.254 e. The molecule has 0 aliphatic rings. The topological polar surface area (TPSA) is 57.7 Å². The fraction of sp³-hybridized carbons (Fsp3) is 0.235. The molecule has 1 heterocycles. The van der Waals surface area contributed by atoms with Gasteiger partial charge in [0.2, 0.25) is 10.0 Å². The molecule has 0 aliphatic carbocycles. The fourth-order valence-corrected chi connectivity index (χ4v) is 4.74. The molecule has 0 spiro atoms. The second kappa shape index (κ2) is 8.27. The minimum absolute atomic E-state index is 0.0676. The number of thiophene rings is 1. The number of hydrogen-bond acceptors (Lipinski definition) is 4. The number of benzene rings is 1. The van der Waals surface area contributed by atoms with E-state index >= 15 is 0 Å². The van der Waals surface area contributed by atoms with E-state index in [1.807, 2.05) is 17.5 Å². The van der Waals surface area contributed by atoms with Crippen LogP contribution in [-0.2, 0) is 16.6 Å².